The van der Waals surface area contributed by atoms with Gasteiger partial charge in [-0.05, 0) is 44.5 Å². The molecule has 18 heavy (non-hydrogen) atoms. The van der Waals surface area contributed by atoms with E-state index in [2.05, 4.69) is 5.32 Å². The monoisotopic (exact) mass is 251 g/mol. The summed E-state index contributed by atoms with van der Waals surface area (Å²) >= 11 is 0. The van der Waals surface area contributed by atoms with E-state index in [-0.39, 0.29) is 18.1 Å². The van der Waals surface area contributed by atoms with Gasteiger partial charge in [-0.3, -0.25) is 0 Å². The third kappa shape index (κ3) is 4.28. The summed E-state index contributed by atoms with van der Waals surface area (Å²) in [6, 6.07) is 7.14. The van der Waals surface area contributed by atoms with Crippen LogP contribution in [0.5, 0.6) is 5.75 Å². The molecule has 4 nitrogen and oxygen atoms in total. The predicted octanol–water partition coefficient (Wildman–Crippen LogP) is 2.84. The highest BCUT2D eigenvalue weighted by Crippen LogP contribution is 2.16. The summed E-state index contributed by atoms with van der Waals surface area (Å²) < 4.78 is 10.3. The van der Waals surface area contributed by atoms with Gasteiger partial charge in [-0.15, -0.1) is 0 Å². The van der Waals surface area contributed by atoms with Crippen LogP contribution in [0.4, 0.5) is 5.69 Å². The largest absolute Gasteiger partial charge is 0.497 e. The van der Waals surface area contributed by atoms with E-state index in [1.165, 1.54) is 0 Å². The molecule has 0 aliphatic carbocycles. The normalized spacial score (nSPS) is 12.1. The Balaban J connectivity index is 2.64. The quantitative estimate of drug-likeness (QED) is 0.790. The predicted molar refractivity (Wildman–Crippen MR) is 71.9 cm³/mol. The van der Waals surface area contributed by atoms with Crippen molar-refractivity contribution in [1.82, 2.24) is 0 Å². The highest BCUT2D eigenvalue weighted by atomic mass is 16.5. The van der Waals surface area contributed by atoms with Crippen molar-refractivity contribution < 1.29 is 14.3 Å². The fourth-order valence-corrected chi connectivity index (χ4v) is 1.53. The number of nitrogens with one attached hydrogen (secondary N) is 1. The van der Waals surface area contributed by atoms with Gasteiger partial charge < -0.3 is 14.8 Å². The maximum absolute atomic E-state index is 11.8. The maximum atomic E-state index is 11.8. The lowest BCUT2D eigenvalue weighted by Crippen LogP contribution is -2.32. The molecule has 0 spiro atoms. The van der Waals surface area contributed by atoms with E-state index < -0.39 is 0 Å². The van der Waals surface area contributed by atoms with Crippen LogP contribution in [-0.2, 0) is 9.53 Å². The van der Waals surface area contributed by atoms with Gasteiger partial charge in [0, 0.05) is 5.69 Å². The van der Waals surface area contributed by atoms with E-state index in [0.717, 1.165) is 11.4 Å². The number of benzene rings is 1. The first-order valence-corrected chi connectivity index (χ1v) is 6.18. The van der Waals surface area contributed by atoms with Crippen molar-refractivity contribution in [2.45, 2.75) is 39.3 Å². The fourth-order valence-electron chi connectivity index (χ4n) is 1.53. The molecule has 1 N–H and O–H groups in total. The van der Waals surface area contributed by atoms with E-state index in [4.69, 9.17) is 9.47 Å². The summed E-state index contributed by atoms with van der Waals surface area (Å²) in [4.78, 5) is 11.8. The van der Waals surface area contributed by atoms with Crippen LogP contribution in [0.15, 0.2) is 24.3 Å². The SMILES string of the molecule is CCC(Nc1ccc(OC)cc1)C(=O)OC(C)C. The molecule has 0 radical (unpaired) electrons. The van der Waals surface area contributed by atoms with Crippen molar-refractivity contribution in [1.29, 1.82) is 0 Å². The van der Waals surface area contributed by atoms with E-state index in [1.807, 2.05) is 45.0 Å². The van der Waals surface area contributed by atoms with Crippen molar-refractivity contribution in [2.24, 2.45) is 0 Å². The van der Waals surface area contributed by atoms with Crippen molar-refractivity contribution in [2.75, 3.05) is 12.4 Å². The zero-order valence-electron chi connectivity index (χ0n) is 11.4. The summed E-state index contributed by atoms with van der Waals surface area (Å²) in [6.45, 7) is 5.64. The summed E-state index contributed by atoms with van der Waals surface area (Å²) in [6.07, 6.45) is 0.585. The number of hydrogen-bond acceptors (Lipinski definition) is 4. The summed E-state index contributed by atoms with van der Waals surface area (Å²) in [5.74, 6) is 0.571. The lowest BCUT2D eigenvalue weighted by Gasteiger charge is -2.18. The highest BCUT2D eigenvalue weighted by molar-refractivity contribution is 5.79. The topological polar surface area (TPSA) is 47.6 Å². The molecule has 0 saturated carbocycles. The van der Waals surface area contributed by atoms with Crippen LogP contribution in [0.25, 0.3) is 0 Å². The van der Waals surface area contributed by atoms with E-state index in [9.17, 15) is 4.79 Å². The van der Waals surface area contributed by atoms with Crippen LogP contribution >= 0.6 is 0 Å². The van der Waals surface area contributed by atoms with Crippen LogP contribution in [-0.4, -0.2) is 25.2 Å². The number of ether oxygens (including phenoxy) is 2. The van der Waals surface area contributed by atoms with Gasteiger partial charge in [-0.1, -0.05) is 6.92 Å². The van der Waals surface area contributed by atoms with Crippen LogP contribution < -0.4 is 10.1 Å². The Morgan fingerprint density at radius 2 is 1.89 bits per heavy atom. The first-order chi connectivity index (χ1) is 8.56. The Morgan fingerprint density at radius 1 is 1.28 bits per heavy atom. The van der Waals surface area contributed by atoms with Crippen molar-refractivity contribution in [3.05, 3.63) is 24.3 Å². The van der Waals surface area contributed by atoms with Gasteiger partial charge in [0.25, 0.3) is 0 Å². The Kier molecular flexibility index (Phi) is 5.49. The molecule has 1 aromatic rings. The molecule has 0 bridgehead atoms. The summed E-state index contributed by atoms with van der Waals surface area (Å²) in [5, 5.41) is 3.16. The Hall–Kier alpha value is -1.71. The molecule has 4 heteroatoms. The second kappa shape index (κ2) is 6.89. The van der Waals surface area contributed by atoms with E-state index in [1.54, 1.807) is 7.11 Å². The number of esters is 1. The highest BCUT2D eigenvalue weighted by Gasteiger charge is 2.18. The van der Waals surface area contributed by atoms with Gasteiger partial charge in [-0.2, -0.15) is 0 Å². The first kappa shape index (κ1) is 14.4. The minimum atomic E-state index is -0.319. The van der Waals surface area contributed by atoms with Crippen molar-refractivity contribution >= 4 is 11.7 Å². The van der Waals surface area contributed by atoms with Gasteiger partial charge in [0.2, 0.25) is 0 Å². The van der Waals surface area contributed by atoms with Gasteiger partial charge in [-0.25, -0.2) is 4.79 Å². The fraction of sp³-hybridized carbons (Fsp3) is 0.500. The number of hydrogen-bond donors (Lipinski definition) is 1. The standard InChI is InChI=1S/C14H21NO3/c1-5-13(14(16)18-10(2)3)15-11-6-8-12(17-4)9-7-11/h6-10,13,15H,5H2,1-4H3. The molecule has 0 fully saturated rings. The number of anilines is 1. The van der Waals surface area contributed by atoms with Gasteiger partial charge in [0.05, 0.1) is 13.2 Å². The molecule has 100 valence electrons. The molecule has 1 rings (SSSR count). The number of carbonyl (C=O) groups excluding carboxylic acids is 1. The molecule has 1 atom stereocenters. The Labute approximate surface area is 108 Å². The molecule has 0 saturated heterocycles. The summed E-state index contributed by atoms with van der Waals surface area (Å²) in [7, 11) is 1.62. The van der Waals surface area contributed by atoms with E-state index in [0.29, 0.717) is 6.42 Å². The average Bonchev–Trinajstić information content (AvgIpc) is 2.35. The molecule has 1 aromatic carbocycles. The third-order valence-electron chi connectivity index (χ3n) is 2.48. The molecule has 1 unspecified atom stereocenters. The van der Waals surface area contributed by atoms with Crippen LogP contribution in [0, 0.1) is 0 Å². The van der Waals surface area contributed by atoms with Crippen molar-refractivity contribution in [3.8, 4) is 5.75 Å². The van der Waals surface area contributed by atoms with Crippen LogP contribution in [0.2, 0.25) is 0 Å². The van der Waals surface area contributed by atoms with Crippen molar-refractivity contribution in [3.63, 3.8) is 0 Å². The van der Waals surface area contributed by atoms with Crippen LogP contribution in [0.1, 0.15) is 27.2 Å². The third-order valence-corrected chi connectivity index (χ3v) is 2.48. The second-order valence-electron chi connectivity index (χ2n) is 4.32. The number of carbonyl (C=O) groups is 1. The molecular formula is C14H21NO3. The Morgan fingerprint density at radius 3 is 2.33 bits per heavy atom. The average molecular weight is 251 g/mol. The van der Waals surface area contributed by atoms with E-state index >= 15 is 0 Å². The van der Waals surface area contributed by atoms with Gasteiger partial charge in [0.1, 0.15) is 11.8 Å². The zero-order chi connectivity index (χ0) is 13.5. The molecule has 0 heterocycles. The first-order valence-electron chi connectivity index (χ1n) is 6.18. The smallest absolute Gasteiger partial charge is 0.328 e. The lowest BCUT2D eigenvalue weighted by molar-refractivity contribution is -0.148. The number of methoxy groups -OCH3 is 1. The Bertz CT molecular complexity index is 373. The minimum absolute atomic E-state index is 0.0933. The second-order valence-corrected chi connectivity index (χ2v) is 4.32. The lowest BCUT2D eigenvalue weighted by atomic mass is 10.2. The minimum Gasteiger partial charge on any atom is -0.497 e. The van der Waals surface area contributed by atoms with Gasteiger partial charge >= 0.3 is 5.97 Å². The molecule has 0 aromatic heterocycles. The maximum Gasteiger partial charge on any atom is 0.328 e. The molecule has 0 amide bonds. The number of rotatable bonds is 6. The van der Waals surface area contributed by atoms with Crippen LogP contribution in [0.3, 0.4) is 0 Å². The molecule has 0 aliphatic heterocycles. The zero-order valence-corrected chi connectivity index (χ0v) is 11.4. The van der Waals surface area contributed by atoms with Gasteiger partial charge in [0.15, 0.2) is 0 Å². The molecular weight excluding hydrogens is 230 g/mol. The summed E-state index contributed by atoms with van der Waals surface area (Å²) in [5.41, 5.74) is 0.878. The molecule has 0 aliphatic rings.